The number of benzene rings is 1. The van der Waals surface area contributed by atoms with Gasteiger partial charge in [-0.05, 0) is 44.7 Å². The van der Waals surface area contributed by atoms with Crippen molar-refractivity contribution >= 4 is 5.78 Å². The minimum absolute atomic E-state index is 0.0472. The number of piperidine rings is 2. The summed E-state index contributed by atoms with van der Waals surface area (Å²) in [5.74, 6) is -0.0775. The van der Waals surface area contributed by atoms with E-state index in [1.54, 1.807) is 12.1 Å². The molecule has 2 heterocycles. The van der Waals surface area contributed by atoms with Crippen LogP contribution < -0.4 is 10.1 Å². The molecule has 0 saturated carbocycles. The molecule has 1 N–H and O–H groups in total. The van der Waals surface area contributed by atoms with Crippen molar-refractivity contribution in [1.29, 1.82) is 0 Å². The molecule has 2 saturated heterocycles. The molecule has 1 aromatic carbocycles. The van der Waals surface area contributed by atoms with Crippen molar-refractivity contribution in [1.82, 2.24) is 5.32 Å². The number of Topliss-reactive ketones (excluding diaryl/α,β-unsaturated/α-hetero) is 1. The minimum Gasteiger partial charge on any atom is -0.494 e. The smallest absolute Gasteiger partial charge is 0.169 e. The minimum atomic E-state index is -0.463. The van der Waals surface area contributed by atoms with Crippen LogP contribution in [-0.2, 0) is 0 Å². The first-order valence-corrected chi connectivity index (χ1v) is 7.90. The first-order chi connectivity index (χ1) is 10.2. The predicted molar refractivity (Wildman–Crippen MR) is 79.2 cm³/mol. The van der Waals surface area contributed by atoms with Crippen LogP contribution in [0.4, 0.5) is 4.39 Å². The second kappa shape index (κ2) is 6.14. The summed E-state index contributed by atoms with van der Waals surface area (Å²) in [5, 5.41) is 3.56. The standard InChI is InChI=1S/C17H22FNO2/c1-2-21-14-6-7-15(16(18)10-14)17(20)11-8-12-4-3-5-13(9-11)19-12/h6-7,10-13,19H,2-5,8-9H2,1H3. The first kappa shape index (κ1) is 14.5. The lowest BCUT2D eigenvalue weighted by atomic mass is 9.77. The number of fused-ring (bicyclic) bond motifs is 2. The summed E-state index contributed by atoms with van der Waals surface area (Å²) in [7, 11) is 0. The molecule has 1 aromatic rings. The second-order valence-corrected chi connectivity index (χ2v) is 6.10. The van der Waals surface area contributed by atoms with Crippen LogP contribution in [0.15, 0.2) is 18.2 Å². The lowest BCUT2D eigenvalue weighted by Gasteiger charge is -2.39. The average molecular weight is 291 g/mol. The van der Waals surface area contributed by atoms with Gasteiger partial charge in [-0.25, -0.2) is 4.39 Å². The molecule has 114 valence electrons. The molecule has 2 aliphatic rings. The number of halogens is 1. The summed E-state index contributed by atoms with van der Waals surface area (Å²) in [6.45, 7) is 2.34. The Kier molecular flexibility index (Phi) is 4.24. The van der Waals surface area contributed by atoms with Crippen LogP contribution in [0.25, 0.3) is 0 Å². The van der Waals surface area contributed by atoms with Gasteiger partial charge in [0.25, 0.3) is 0 Å². The molecule has 0 amide bonds. The molecule has 2 aliphatic heterocycles. The summed E-state index contributed by atoms with van der Waals surface area (Å²) in [4.78, 5) is 12.6. The highest BCUT2D eigenvalue weighted by Crippen LogP contribution is 2.32. The molecule has 3 nitrogen and oxygen atoms in total. The van der Waals surface area contributed by atoms with Crippen LogP contribution in [0.2, 0.25) is 0 Å². The molecule has 0 spiro atoms. The van der Waals surface area contributed by atoms with Crippen LogP contribution in [0, 0.1) is 11.7 Å². The number of carbonyl (C=O) groups excluding carboxylic acids is 1. The van der Waals surface area contributed by atoms with Crippen molar-refractivity contribution in [2.24, 2.45) is 5.92 Å². The quantitative estimate of drug-likeness (QED) is 0.865. The summed E-state index contributed by atoms with van der Waals surface area (Å²) < 4.78 is 19.4. The monoisotopic (exact) mass is 291 g/mol. The molecule has 4 heteroatoms. The molecule has 2 unspecified atom stereocenters. The maximum atomic E-state index is 14.2. The van der Waals surface area contributed by atoms with Crippen LogP contribution >= 0.6 is 0 Å². The fourth-order valence-corrected chi connectivity index (χ4v) is 3.65. The second-order valence-electron chi connectivity index (χ2n) is 6.10. The van der Waals surface area contributed by atoms with E-state index in [-0.39, 0.29) is 17.3 Å². The molecular weight excluding hydrogens is 269 g/mol. The van der Waals surface area contributed by atoms with Crippen molar-refractivity contribution in [2.45, 2.75) is 51.1 Å². The Morgan fingerprint density at radius 3 is 2.67 bits per heavy atom. The highest BCUT2D eigenvalue weighted by atomic mass is 19.1. The van der Waals surface area contributed by atoms with Crippen molar-refractivity contribution in [2.75, 3.05) is 6.61 Å². The number of nitrogens with one attached hydrogen (secondary N) is 1. The van der Waals surface area contributed by atoms with Crippen molar-refractivity contribution in [3.05, 3.63) is 29.6 Å². The lowest BCUT2D eigenvalue weighted by molar-refractivity contribution is 0.0821. The van der Waals surface area contributed by atoms with Gasteiger partial charge in [-0.3, -0.25) is 4.79 Å². The zero-order chi connectivity index (χ0) is 14.8. The van der Waals surface area contributed by atoms with Gasteiger partial charge in [0.15, 0.2) is 5.78 Å². The van der Waals surface area contributed by atoms with E-state index in [4.69, 9.17) is 4.74 Å². The van der Waals surface area contributed by atoms with Gasteiger partial charge in [0.05, 0.1) is 12.2 Å². The summed E-state index contributed by atoms with van der Waals surface area (Å²) in [6.07, 6.45) is 5.17. The Labute approximate surface area is 124 Å². The Morgan fingerprint density at radius 1 is 1.33 bits per heavy atom. The van der Waals surface area contributed by atoms with E-state index in [0.29, 0.717) is 24.4 Å². The number of ether oxygens (including phenoxy) is 1. The topological polar surface area (TPSA) is 38.3 Å². The number of rotatable bonds is 4. The predicted octanol–water partition coefficient (Wildman–Crippen LogP) is 3.33. The molecule has 0 aromatic heterocycles. The normalized spacial score (nSPS) is 28.2. The molecule has 2 fully saturated rings. The van der Waals surface area contributed by atoms with E-state index in [1.165, 1.54) is 12.5 Å². The third kappa shape index (κ3) is 3.10. The summed E-state index contributed by atoms with van der Waals surface area (Å²) in [5.41, 5.74) is 0.212. The van der Waals surface area contributed by atoms with E-state index < -0.39 is 5.82 Å². The maximum Gasteiger partial charge on any atom is 0.169 e. The van der Waals surface area contributed by atoms with Gasteiger partial charge in [0.2, 0.25) is 0 Å². The van der Waals surface area contributed by atoms with Crippen molar-refractivity contribution in [3.63, 3.8) is 0 Å². The molecule has 21 heavy (non-hydrogen) atoms. The van der Waals surface area contributed by atoms with Crippen LogP contribution in [0.3, 0.4) is 0 Å². The van der Waals surface area contributed by atoms with Gasteiger partial charge in [0.1, 0.15) is 11.6 Å². The zero-order valence-electron chi connectivity index (χ0n) is 12.4. The Balaban J connectivity index is 1.75. The molecule has 2 atom stereocenters. The number of hydrogen-bond donors (Lipinski definition) is 1. The fraction of sp³-hybridized carbons (Fsp3) is 0.588. The van der Waals surface area contributed by atoms with Gasteiger partial charge < -0.3 is 10.1 Å². The van der Waals surface area contributed by atoms with Crippen molar-refractivity contribution in [3.8, 4) is 5.75 Å². The lowest BCUT2D eigenvalue weighted by Crippen LogP contribution is -2.50. The number of carbonyl (C=O) groups is 1. The Bertz CT molecular complexity index is 520. The first-order valence-electron chi connectivity index (χ1n) is 7.90. The Hall–Kier alpha value is -1.42. The highest BCUT2D eigenvalue weighted by molar-refractivity contribution is 5.98. The highest BCUT2D eigenvalue weighted by Gasteiger charge is 2.35. The number of hydrogen-bond acceptors (Lipinski definition) is 3. The maximum absolute atomic E-state index is 14.2. The third-order valence-corrected chi connectivity index (χ3v) is 4.60. The third-order valence-electron chi connectivity index (χ3n) is 4.60. The largest absolute Gasteiger partial charge is 0.494 e. The van der Waals surface area contributed by atoms with Gasteiger partial charge in [-0.15, -0.1) is 0 Å². The van der Waals surface area contributed by atoms with Gasteiger partial charge >= 0.3 is 0 Å². The molecular formula is C17H22FNO2. The molecule has 0 aliphatic carbocycles. The van der Waals surface area contributed by atoms with E-state index >= 15 is 0 Å². The van der Waals surface area contributed by atoms with E-state index in [9.17, 15) is 9.18 Å². The van der Waals surface area contributed by atoms with Crippen LogP contribution in [0.5, 0.6) is 5.75 Å². The zero-order valence-corrected chi connectivity index (χ0v) is 12.4. The SMILES string of the molecule is CCOc1ccc(C(=O)C2CC3CCCC(C2)N3)c(F)c1. The average Bonchev–Trinajstić information content (AvgIpc) is 2.46. The van der Waals surface area contributed by atoms with Crippen LogP contribution in [-0.4, -0.2) is 24.5 Å². The summed E-state index contributed by atoms with van der Waals surface area (Å²) in [6, 6.07) is 5.43. The van der Waals surface area contributed by atoms with E-state index in [0.717, 1.165) is 25.7 Å². The fourth-order valence-electron chi connectivity index (χ4n) is 3.65. The summed E-state index contributed by atoms with van der Waals surface area (Å²) >= 11 is 0. The van der Waals surface area contributed by atoms with Crippen LogP contribution in [0.1, 0.15) is 49.4 Å². The molecule has 2 bridgehead atoms. The molecule has 0 radical (unpaired) electrons. The van der Waals surface area contributed by atoms with Gasteiger partial charge in [-0.1, -0.05) is 6.42 Å². The van der Waals surface area contributed by atoms with E-state index in [1.807, 2.05) is 6.92 Å². The Morgan fingerprint density at radius 2 is 2.05 bits per heavy atom. The van der Waals surface area contributed by atoms with Gasteiger partial charge in [-0.2, -0.15) is 0 Å². The molecule has 3 rings (SSSR count). The number of ketones is 1. The van der Waals surface area contributed by atoms with Gasteiger partial charge in [0, 0.05) is 24.1 Å². The van der Waals surface area contributed by atoms with E-state index in [2.05, 4.69) is 5.32 Å². The van der Waals surface area contributed by atoms with Crippen molar-refractivity contribution < 1.29 is 13.9 Å².